The number of hydrogen-bond acceptors (Lipinski definition) is 6. The number of furan rings is 2. The molecule has 0 aliphatic heterocycles. The number of aromatic nitrogens is 3. The van der Waals surface area contributed by atoms with Gasteiger partial charge >= 0.3 is 0 Å². The first-order valence-corrected chi connectivity index (χ1v) is 21.8. The maximum atomic E-state index is 6.62. The summed E-state index contributed by atoms with van der Waals surface area (Å²) in [6, 6.07) is 69.7. The van der Waals surface area contributed by atoms with Crippen molar-refractivity contribution in [1.29, 1.82) is 0 Å². The normalized spacial score (nSPS) is 11.8. The molecule has 13 aromatic rings. The Bertz CT molecular complexity index is 3900. The van der Waals surface area contributed by atoms with Gasteiger partial charge in [-0.15, -0.1) is 11.3 Å². The molecule has 0 N–H and O–H groups in total. The third-order valence-corrected chi connectivity index (χ3v) is 13.3. The van der Waals surface area contributed by atoms with Crippen molar-refractivity contribution in [1.82, 2.24) is 15.0 Å². The van der Waals surface area contributed by atoms with Crippen LogP contribution < -0.4 is 0 Å². The zero-order chi connectivity index (χ0) is 41.4. The smallest absolute Gasteiger partial charge is 0.164 e. The first-order chi connectivity index (χ1) is 31.2. The molecule has 4 aromatic heterocycles. The molecule has 6 heteroatoms. The van der Waals surface area contributed by atoms with Crippen LogP contribution in [-0.4, -0.2) is 15.0 Å². The first kappa shape index (κ1) is 35.6. The van der Waals surface area contributed by atoms with Crippen LogP contribution in [0, 0.1) is 0 Å². The van der Waals surface area contributed by atoms with Gasteiger partial charge < -0.3 is 8.83 Å². The van der Waals surface area contributed by atoms with Gasteiger partial charge in [-0.05, 0) is 81.9 Å². The molecule has 0 spiro atoms. The molecule has 0 bridgehead atoms. The number of thiophene rings is 1. The first-order valence-electron chi connectivity index (χ1n) is 21.0. The Labute approximate surface area is 365 Å². The molecule has 0 aliphatic carbocycles. The van der Waals surface area contributed by atoms with E-state index in [0.29, 0.717) is 17.5 Å². The van der Waals surface area contributed by atoms with E-state index in [2.05, 4.69) is 152 Å². The SMILES string of the molecule is c1ccc(-c2ccc(-c3nc(-c4ccccc4)nc(-c4cccc5oc6ccc(-c7cccc8oc9cc(-c%10ccc%11c(c%10)sc%10ccccc%10%11)ccc9c78)cc6c45)n3)cc2)cc1. The Morgan fingerprint density at radius 1 is 0.286 bits per heavy atom. The predicted octanol–water partition coefficient (Wildman–Crippen LogP) is 16.0. The van der Waals surface area contributed by atoms with E-state index < -0.39 is 0 Å². The topological polar surface area (TPSA) is 65.0 Å². The fourth-order valence-corrected chi connectivity index (χ4v) is 10.3. The number of fused-ring (bicyclic) bond motifs is 9. The Morgan fingerprint density at radius 2 is 0.825 bits per heavy atom. The van der Waals surface area contributed by atoms with Crippen molar-refractivity contribution in [2.75, 3.05) is 0 Å². The molecule has 13 rings (SSSR count). The van der Waals surface area contributed by atoms with Crippen LogP contribution in [0.5, 0.6) is 0 Å². The van der Waals surface area contributed by atoms with E-state index in [0.717, 1.165) is 88.4 Å². The maximum Gasteiger partial charge on any atom is 0.164 e. The molecule has 294 valence electrons. The van der Waals surface area contributed by atoms with E-state index in [1.165, 1.54) is 25.7 Å². The lowest BCUT2D eigenvalue weighted by Gasteiger charge is -2.10. The summed E-state index contributed by atoms with van der Waals surface area (Å²) in [5.74, 6) is 1.79. The van der Waals surface area contributed by atoms with Gasteiger partial charge in [0.15, 0.2) is 17.5 Å². The molecular weight excluding hydrogens is 791 g/mol. The monoisotopic (exact) mass is 823 g/mol. The van der Waals surface area contributed by atoms with Crippen molar-refractivity contribution in [2.24, 2.45) is 0 Å². The van der Waals surface area contributed by atoms with Crippen LogP contribution in [0.4, 0.5) is 0 Å². The van der Waals surface area contributed by atoms with Crippen LogP contribution in [0.1, 0.15) is 0 Å². The molecule has 0 saturated heterocycles. The number of rotatable bonds is 6. The highest BCUT2D eigenvalue weighted by Crippen LogP contribution is 2.43. The Balaban J connectivity index is 0.930. The van der Waals surface area contributed by atoms with Crippen LogP contribution in [0.3, 0.4) is 0 Å². The van der Waals surface area contributed by atoms with Gasteiger partial charge in [0, 0.05) is 58.4 Å². The van der Waals surface area contributed by atoms with Gasteiger partial charge in [0.25, 0.3) is 0 Å². The molecule has 0 aliphatic rings. The highest BCUT2D eigenvalue weighted by Gasteiger charge is 2.20. The van der Waals surface area contributed by atoms with E-state index in [1.807, 2.05) is 59.9 Å². The minimum absolute atomic E-state index is 0.579. The molecule has 63 heavy (non-hydrogen) atoms. The number of benzene rings is 9. The molecule has 9 aromatic carbocycles. The van der Waals surface area contributed by atoms with E-state index in [1.54, 1.807) is 0 Å². The van der Waals surface area contributed by atoms with Gasteiger partial charge in [0.1, 0.15) is 22.3 Å². The molecule has 5 nitrogen and oxygen atoms in total. The predicted molar refractivity (Wildman–Crippen MR) is 260 cm³/mol. The van der Waals surface area contributed by atoms with Gasteiger partial charge in [-0.1, -0.05) is 152 Å². The summed E-state index contributed by atoms with van der Waals surface area (Å²) >= 11 is 1.84. The summed E-state index contributed by atoms with van der Waals surface area (Å²) in [6.07, 6.45) is 0. The Hall–Kier alpha value is -8.19. The average Bonchev–Trinajstić information content (AvgIpc) is 4.05. The third-order valence-electron chi connectivity index (χ3n) is 12.2. The molecular formula is C57H33N3O2S. The maximum absolute atomic E-state index is 6.62. The molecule has 0 fully saturated rings. The summed E-state index contributed by atoms with van der Waals surface area (Å²) < 4.78 is 15.8. The second kappa shape index (κ2) is 14.2. The minimum Gasteiger partial charge on any atom is -0.456 e. The lowest BCUT2D eigenvalue weighted by atomic mass is 9.96. The Morgan fingerprint density at radius 3 is 1.60 bits per heavy atom. The van der Waals surface area contributed by atoms with Gasteiger partial charge in [0.05, 0.1) is 0 Å². The zero-order valence-corrected chi connectivity index (χ0v) is 34.4. The second-order valence-electron chi connectivity index (χ2n) is 15.9. The van der Waals surface area contributed by atoms with Gasteiger partial charge in [-0.2, -0.15) is 0 Å². The molecule has 0 saturated carbocycles. The highest BCUT2D eigenvalue weighted by molar-refractivity contribution is 7.25. The second-order valence-corrected chi connectivity index (χ2v) is 17.0. The summed E-state index contributed by atoms with van der Waals surface area (Å²) in [5, 5.41) is 6.70. The van der Waals surface area contributed by atoms with Gasteiger partial charge in [0.2, 0.25) is 0 Å². The lowest BCUT2D eigenvalue weighted by molar-refractivity contribution is 0.669. The van der Waals surface area contributed by atoms with Crippen molar-refractivity contribution in [2.45, 2.75) is 0 Å². The molecule has 0 radical (unpaired) electrons. The molecule has 0 unspecified atom stereocenters. The highest BCUT2D eigenvalue weighted by atomic mass is 32.1. The van der Waals surface area contributed by atoms with E-state index >= 15 is 0 Å². The number of nitrogens with zero attached hydrogens (tertiary/aromatic N) is 3. The van der Waals surface area contributed by atoms with Crippen molar-refractivity contribution in [3.63, 3.8) is 0 Å². The van der Waals surface area contributed by atoms with Crippen molar-refractivity contribution in [3.05, 3.63) is 200 Å². The largest absolute Gasteiger partial charge is 0.456 e. The molecule has 4 heterocycles. The molecule has 0 atom stereocenters. The van der Waals surface area contributed by atoms with E-state index in [-0.39, 0.29) is 0 Å². The standard InChI is InChI=1S/C57H33N3O2S/c1-3-11-34(12-4-1)35-21-23-37(24-22-35)56-58-55(36-13-5-2-6-14-36)59-57(60-56)45-17-10-19-49-54(45)46-31-40(27-30-47(46)61-49)41-16-9-18-48-53(41)44-29-26-38(32-50(44)62-48)39-25-28-43-42-15-7-8-20-51(42)63-52(43)33-39/h1-33H. The van der Waals surface area contributed by atoms with E-state index in [4.69, 9.17) is 23.8 Å². The lowest BCUT2D eigenvalue weighted by Crippen LogP contribution is -2.00. The van der Waals surface area contributed by atoms with Gasteiger partial charge in [-0.25, -0.2) is 15.0 Å². The molecule has 0 amide bonds. The zero-order valence-electron chi connectivity index (χ0n) is 33.6. The number of hydrogen-bond donors (Lipinski definition) is 0. The fraction of sp³-hybridized carbons (Fsp3) is 0. The van der Waals surface area contributed by atoms with Crippen LogP contribution in [0.2, 0.25) is 0 Å². The summed E-state index contributed by atoms with van der Waals surface area (Å²) in [4.78, 5) is 15.3. The minimum atomic E-state index is 0.579. The van der Waals surface area contributed by atoms with Crippen LogP contribution in [0.25, 0.3) is 132 Å². The van der Waals surface area contributed by atoms with Crippen LogP contribution >= 0.6 is 11.3 Å². The summed E-state index contributed by atoms with van der Waals surface area (Å²) in [7, 11) is 0. The van der Waals surface area contributed by atoms with Crippen LogP contribution in [0.15, 0.2) is 209 Å². The van der Waals surface area contributed by atoms with Crippen LogP contribution in [-0.2, 0) is 0 Å². The Kier molecular flexibility index (Phi) is 8.01. The average molecular weight is 824 g/mol. The van der Waals surface area contributed by atoms with E-state index in [9.17, 15) is 0 Å². The summed E-state index contributed by atoms with van der Waals surface area (Å²) in [6.45, 7) is 0. The third kappa shape index (κ3) is 5.95. The summed E-state index contributed by atoms with van der Waals surface area (Å²) in [5.41, 5.74) is 12.7. The van der Waals surface area contributed by atoms with Gasteiger partial charge in [-0.3, -0.25) is 0 Å². The van der Waals surface area contributed by atoms with Crippen molar-refractivity contribution < 1.29 is 8.83 Å². The van der Waals surface area contributed by atoms with Crippen molar-refractivity contribution >= 4 is 75.4 Å². The quantitative estimate of drug-likeness (QED) is 0.167. The van der Waals surface area contributed by atoms with Crippen molar-refractivity contribution in [3.8, 4) is 67.5 Å². The fourth-order valence-electron chi connectivity index (χ4n) is 9.12.